The van der Waals surface area contributed by atoms with Crippen LogP contribution in [0.2, 0.25) is 0 Å². The molecule has 0 aliphatic rings. The molecule has 9 nitrogen and oxygen atoms in total. The number of amides is 2. The smallest absolute Gasteiger partial charge is 0.412 e. The lowest BCUT2D eigenvalue weighted by atomic mass is 10.00. The van der Waals surface area contributed by atoms with E-state index in [1.165, 1.54) is 6.08 Å². The second-order valence-corrected chi connectivity index (χ2v) is 8.29. The van der Waals surface area contributed by atoms with Crippen LogP contribution in [-0.2, 0) is 14.3 Å². The van der Waals surface area contributed by atoms with Crippen molar-refractivity contribution in [2.75, 3.05) is 36.7 Å². The number of rotatable bonds is 13. The number of aliphatic hydroxyl groups is 1. The Balaban J connectivity index is 1.67. The number of allylic oxidation sites excluding steroid dienone is 1. The van der Waals surface area contributed by atoms with Gasteiger partial charge >= 0.3 is 6.09 Å². The molecule has 0 radical (unpaired) electrons. The number of nitrogens with two attached hydrogens (primary N) is 1. The molecule has 0 saturated carbocycles. The van der Waals surface area contributed by atoms with Gasteiger partial charge in [-0.05, 0) is 60.9 Å². The lowest BCUT2D eigenvalue weighted by molar-refractivity contribution is -0.111. The van der Waals surface area contributed by atoms with Crippen LogP contribution in [0.25, 0.3) is 0 Å². The zero-order valence-corrected chi connectivity index (χ0v) is 21.2. The lowest BCUT2D eigenvalue weighted by Crippen LogP contribution is -2.28. The van der Waals surface area contributed by atoms with Gasteiger partial charge in [-0.1, -0.05) is 48.5 Å². The van der Waals surface area contributed by atoms with Crippen molar-refractivity contribution in [3.8, 4) is 5.75 Å². The third-order valence-corrected chi connectivity index (χ3v) is 5.57. The van der Waals surface area contributed by atoms with Gasteiger partial charge in [0.15, 0.2) is 6.10 Å². The van der Waals surface area contributed by atoms with Gasteiger partial charge in [-0.15, -0.1) is 0 Å². The average Bonchev–Trinajstić information content (AvgIpc) is 2.93. The van der Waals surface area contributed by atoms with E-state index in [0.29, 0.717) is 41.2 Å². The molecule has 5 N–H and O–H groups in total. The molecule has 0 spiro atoms. The number of para-hydroxylation sites is 3. The van der Waals surface area contributed by atoms with E-state index in [4.69, 9.17) is 25.1 Å². The summed E-state index contributed by atoms with van der Waals surface area (Å²) in [5, 5.41) is 14.4. The molecule has 0 fully saturated rings. The summed E-state index contributed by atoms with van der Waals surface area (Å²) >= 11 is 0. The first kappa shape index (κ1) is 28.2. The first-order chi connectivity index (χ1) is 18.5. The average molecular weight is 520 g/mol. The Hall–Kier alpha value is -4.34. The molecule has 2 amide bonds. The second kappa shape index (κ2) is 15.0. The van der Waals surface area contributed by atoms with Crippen LogP contribution in [0.5, 0.6) is 5.75 Å². The molecular weight excluding hydrogens is 486 g/mol. The van der Waals surface area contributed by atoms with Crippen LogP contribution in [0.1, 0.15) is 24.5 Å². The van der Waals surface area contributed by atoms with Crippen LogP contribution >= 0.6 is 0 Å². The van der Waals surface area contributed by atoms with Gasteiger partial charge in [-0.3, -0.25) is 10.1 Å². The monoisotopic (exact) mass is 519 g/mol. The molecule has 9 heteroatoms. The summed E-state index contributed by atoms with van der Waals surface area (Å²) in [4.78, 5) is 25.0. The quantitative estimate of drug-likeness (QED) is 0.186. The van der Waals surface area contributed by atoms with E-state index in [0.717, 1.165) is 0 Å². The summed E-state index contributed by atoms with van der Waals surface area (Å²) in [6.45, 7) is 0.0827. The molecule has 3 aromatic carbocycles. The predicted molar refractivity (Wildman–Crippen MR) is 147 cm³/mol. The van der Waals surface area contributed by atoms with Crippen molar-refractivity contribution in [3.05, 3.63) is 96.6 Å². The minimum Gasteiger partial charge on any atom is -0.491 e. The topological polar surface area (TPSA) is 132 Å². The molecule has 0 aromatic heterocycles. The number of benzene rings is 3. The number of aliphatic hydroxyl groups excluding tert-OH is 1. The number of nitrogens with one attached hydrogen (secondary N) is 2. The number of nitrogen functional groups attached to an aromatic ring is 1. The highest BCUT2D eigenvalue weighted by atomic mass is 16.6. The van der Waals surface area contributed by atoms with Gasteiger partial charge in [0.2, 0.25) is 5.91 Å². The summed E-state index contributed by atoms with van der Waals surface area (Å²) in [7, 11) is 1.55. The van der Waals surface area contributed by atoms with Gasteiger partial charge in [-0.25, -0.2) is 4.79 Å². The maximum absolute atomic E-state index is 12.7. The third-order valence-electron chi connectivity index (χ3n) is 5.57. The highest BCUT2D eigenvalue weighted by Gasteiger charge is 2.27. The Bertz CT molecular complexity index is 1180. The van der Waals surface area contributed by atoms with E-state index >= 15 is 0 Å². The first-order valence-electron chi connectivity index (χ1n) is 12.2. The van der Waals surface area contributed by atoms with Crippen LogP contribution in [0, 0.1) is 0 Å². The number of carbonyl (C=O) groups is 2. The summed E-state index contributed by atoms with van der Waals surface area (Å²) in [6, 6.07) is 23.1. The van der Waals surface area contributed by atoms with E-state index < -0.39 is 18.3 Å². The van der Waals surface area contributed by atoms with Crippen LogP contribution in [-0.4, -0.2) is 43.5 Å². The summed E-state index contributed by atoms with van der Waals surface area (Å²) in [6.07, 6.45) is 2.27. The largest absolute Gasteiger partial charge is 0.491 e. The minimum absolute atomic E-state index is 0.0941. The van der Waals surface area contributed by atoms with E-state index in [-0.39, 0.29) is 19.1 Å². The Kier molecular flexibility index (Phi) is 11.2. The SMILES string of the molecule is CO[C@@H](CC/C=C/C(=O)Nc1ccccc1N)[C@@H](OC(=O)Nc1ccccc1)c1ccc(OCCO)cc1. The van der Waals surface area contributed by atoms with Crippen LogP contribution in [0.15, 0.2) is 91.0 Å². The van der Waals surface area contributed by atoms with Gasteiger partial charge in [0, 0.05) is 12.8 Å². The minimum atomic E-state index is -0.734. The molecular formula is C29H33N3O6. The maximum Gasteiger partial charge on any atom is 0.412 e. The molecule has 0 saturated heterocycles. The zero-order valence-electron chi connectivity index (χ0n) is 21.2. The van der Waals surface area contributed by atoms with Gasteiger partial charge in [0.25, 0.3) is 0 Å². The molecule has 0 heterocycles. The summed E-state index contributed by atoms with van der Waals surface area (Å²) < 4.78 is 17.0. The van der Waals surface area contributed by atoms with Gasteiger partial charge in [0.05, 0.1) is 24.1 Å². The predicted octanol–water partition coefficient (Wildman–Crippen LogP) is 4.92. The van der Waals surface area contributed by atoms with Crippen LogP contribution in [0.3, 0.4) is 0 Å². The summed E-state index contributed by atoms with van der Waals surface area (Å²) in [5.41, 5.74) is 8.20. The lowest BCUT2D eigenvalue weighted by Gasteiger charge is -2.26. The van der Waals surface area contributed by atoms with Crippen molar-refractivity contribution in [2.24, 2.45) is 0 Å². The van der Waals surface area contributed by atoms with Gasteiger partial charge in [-0.2, -0.15) is 0 Å². The fraction of sp³-hybridized carbons (Fsp3) is 0.241. The van der Waals surface area contributed by atoms with E-state index in [9.17, 15) is 9.59 Å². The highest BCUT2D eigenvalue weighted by Crippen LogP contribution is 2.29. The van der Waals surface area contributed by atoms with Gasteiger partial charge < -0.3 is 30.4 Å². The molecule has 0 unspecified atom stereocenters. The second-order valence-electron chi connectivity index (χ2n) is 8.29. The van der Waals surface area contributed by atoms with E-state index in [1.807, 2.05) is 18.2 Å². The maximum atomic E-state index is 12.7. The normalized spacial score (nSPS) is 12.5. The number of hydrogen-bond acceptors (Lipinski definition) is 7. The number of ether oxygens (including phenoxy) is 3. The molecule has 38 heavy (non-hydrogen) atoms. The van der Waals surface area contributed by atoms with E-state index in [1.54, 1.807) is 73.8 Å². The molecule has 2 atom stereocenters. The van der Waals surface area contributed by atoms with Crippen LogP contribution < -0.4 is 21.1 Å². The number of methoxy groups -OCH3 is 1. The van der Waals surface area contributed by atoms with E-state index in [2.05, 4.69) is 10.6 Å². The van der Waals surface area contributed by atoms with Crippen molar-refractivity contribution >= 4 is 29.1 Å². The fourth-order valence-corrected chi connectivity index (χ4v) is 3.69. The first-order valence-corrected chi connectivity index (χ1v) is 12.2. The Labute approximate surface area is 222 Å². The van der Waals surface area contributed by atoms with Crippen molar-refractivity contribution in [1.29, 1.82) is 0 Å². The molecule has 0 aliphatic carbocycles. The standard InChI is InChI=1S/C29H33N3O6/c1-36-26(13-7-8-14-27(34)32-25-12-6-5-11-24(25)30)28(21-15-17-23(18-16-21)37-20-19-33)38-29(35)31-22-9-3-2-4-10-22/h2-6,8-12,14-18,26,28,33H,7,13,19-20,30H2,1H3,(H,31,35)(H,32,34)/b14-8+/t26-,28-/m0/s1. The van der Waals surface area contributed by atoms with Crippen molar-refractivity contribution in [1.82, 2.24) is 0 Å². The van der Waals surface area contributed by atoms with Crippen LogP contribution in [0.4, 0.5) is 21.9 Å². The summed E-state index contributed by atoms with van der Waals surface area (Å²) in [5.74, 6) is 0.280. The molecule has 0 aliphatic heterocycles. The number of hydrogen-bond donors (Lipinski definition) is 4. The van der Waals surface area contributed by atoms with Crippen molar-refractivity contribution < 1.29 is 28.9 Å². The van der Waals surface area contributed by atoms with Gasteiger partial charge in [0.1, 0.15) is 12.4 Å². The molecule has 3 aromatic rings. The third kappa shape index (κ3) is 8.95. The molecule has 200 valence electrons. The molecule has 3 rings (SSSR count). The Morgan fingerprint density at radius 1 is 0.974 bits per heavy atom. The Morgan fingerprint density at radius 3 is 2.37 bits per heavy atom. The number of anilines is 3. The van der Waals surface area contributed by atoms with Crippen molar-refractivity contribution in [2.45, 2.75) is 25.0 Å². The molecule has 0 bridgehead atoms. The number of carbonyl (C=O) groups excluding carboxylic acids is 2. The Morgan fingerprint density at radius 2 is 1.68 bits per heavy atom. The highest BCUT2D eigenvalue weighted by molar-refractivity contribution is 6.01. The fourth-order valence-electron chi connectivity index (χ4n) is 3.69. The zero-order chi connectivity index (χ0) is 27.2. The van der Waals surface area contributed by atoms with Crippen molar-refractivity contribution in [3.63, 3.8) is 0 Å².